The number of benzene rings is 2. The highest BCUT2D eigenvalue weighted by Crippen LogP contribution is 2.32. The van der Waals surface area contributed by atoms with E-state index < -0.39 is 0 Å². The van der Waals surface area contributed by atoms with Crippen LogP contribution in [0.4, 0.5) is 0 Å². The summed E-state index contributed by atoms with van der Waals surface area (Å²) in [6, 6.07) is 13.1. The molecule has 112 valence electrons. The Labute approximate surface area is 143 Å². The molecule has 0 atom stereocenters. The second-order valence-corrected chi connectivity index (χ2v) is 6.88. The number of hydrogen-bond donors (Lipinski definition) is 1. The van der Waals surface area contributed by atoms with E-state index in [1.54, 1.807) is 6.07 Å². The second kappa shape index (κ2) is 6.64. The predicted octanol–water partition coefficient (Wildman–Crippen LogP) is 4.63. The minimum Gasteiger partial charge on any atom is -0.456 e. The summed E-state index contributed by atoms with van der Waals surface area (Å²) in [5.41, 5.74) is 0.970. The quantitative estimate of drug-likeness (QED) is 0.698. The Morgan fingerprint density at radius 1 is 1.27 bits per heavy atom. The van der Waals surface area contributed by atoms with Crippen LogP contribution >= 0.6 is 38.9 Å². The van der Waals surface area contributed by atoms with Crippen molar-refractivity contribution in [1.29, 1.82) is 0 Å². The van der Waals surface area contributed by atoms with Crippen LogP contribution < -0.4 is 9.61 Å². The lowest BCUT2D eigenvalue weighted by Crippen LogP contribution is -1.91. The number of nitrogens with one attached hydrogen (secondary N) is 1. The maximum absolute atomic E-state index is 11.1. The van der Waals surface area contributed by atoms with Crippen LogP contribution in [0.3, 0.4) is 0 Å². The molecule has 1 N–H and O–H groups in total. The number of H-pyrrole nitrogens is 1. The summed E-state index contributed by atoms with van der Waals surface area (Å²) in [6.45, 7) is 0. The van der Waals surface area contributed by atoms with Gasteiger partial charge in [-0.25, -0.2) is 5.10 Å². The lowest BCUT2D eigenvalue weighted by Gasteiger charge is -2.09. The number of halogens is 2. The Balaban J connectivity index is 1.85. The smallest absolute Gasteiger partial charge is 0.322 e. The van der Waals surface area contributed by atoms with Gasteiger partial charge in [0.25, 0.3) is 0 Å². The van der Waals surface area contributed by atoms with Crippen molar-refractivity contribution < 1.29 is 4.74 Å². The third kappa shape index (κ3) is 3.76. The summed E-state index contributed by atoms with van der Waals surface area (Å²) in [5.74, 6) is 1.26. The zero-order valence-corrected chi connectivity index (χ0v) is 14.3. The first-order valence-corrected chi connectivity index (χ1v) is 8.35. The minimum absolute atomic E-state index is 0.158. The van der Waals surface area contributed by atoms with Gasteiger partial charge in [-0.3, -0.25) is 4.79 Å². The molecule has 7 heteroatoms. The number of nitrogens with zero attached hydrogens (tertiary/aromatic N) is 1. The summed E-state index contributed by atoms with van der Waals surface area (Å²) in [7, 11) is 0. The van der Waals surface area contributed by atoms with Crippen molar-refractivity contribution in [1.82, 2.24) is 10.2 Å². The Morgan fingerprint density at radius 2 is 2.14 bits per heavy atom. The van der Waals surface area contributed by atoms with Crippen LogP contribution in [-0.2, 0) is 6.42 Å². The fourth-order valence-corrected chi connectivity index (χ4v) is 3.07. The largest absolute Gasteiger partial charge is 0.456 e. The maximum atomic E-state index is 11.1. The van der Waals surface area contributed by atoms with Gasteiger partial charge in [0.15, 0.2) is 0 Å². The average molecular weight is 398 g/mol. The minimum atomic E-state index is -0.158. The number of hydrogen-bond acceptors (Lipinski definition) is 4. The Bertz CT molecular complexity index is 862. The molecule has 3 rings (SSSR count). The highest BCUT2D eigenvalue weighted by molar-refractivity contribution is 9.10. The van der Waals surface area contributed by atoms with Crippen LogP contribution in [0.5, 0.6) is 11.5 Å². The fraction of sp³-hybridized carbons (Fsp3) is 0.0667. The van der Waals surface area contributed by atoms with Crippen LogP contribution in [0.2, 0.25) is 5.02 Å². The van der Waals surface area contributed by atoms with Gasteiger partial charge >= 0.3 is 4.87 Å². The Hall–Kier alpha value is -1.63. The molecule has 2 aromatic carbocycles. The summed E-state index contributed by atoms with van der Waals surface area (Å²) in [6.07, 6.45) is 0.551. The highest BCUT2D eigenvalue weighted by Gasteiger charge is 2.08. The van der Waals surface area contributed by atoms with Crippen molar-refractivity contribution in [3.05, 3.63) is 72.2 Å². The SMILES string of the molecule is O=c1[nH]nc(Cc2ccc(Cl)c(Oc3cccc(Br)c3)c2)s1. The first-order valence-electron chi connectivity index (χ1n) is 6.36. The molecule has 0 saturated carbocycles. The van der Waals surface area contributed by atoms with E-state index in [0.717, 1.165) is 26.4 Å². The molecule has 0 spiro atoms. The average Bonchev–Trinajstić information content (AvgIpc) is 2.88. The Kier molecular flexibility index (Phi) is 4.61. The van der Waals surface area contributed by atoms with E-state index in [1.807, 2.05) is 36.4 Å². The standard InChI is InChI=1S/C15H10BrClN2O2S/c16-10-2-1-3-11(8-10)21-13-6-9(4-5-12(13)17)7-14-18-19-15(20)22-14/h1-6,8H,7H2,(H,19,20). The number of aromatic nitrogens is 2. The molecule has 22 heavy (non-hydrogen) atoms. The van der Waals surface area contributed by atoms with Crippen LogP contribution in [0.25, 0.3) is 0 Å². The van der Waals surface area contributed by atoms with E-state index in [0.29, 0.717) is 22.9 Å². The summed E-state index contributed by atoms with van der Waals surface area (Å²) in [5, 5.41) is 7.62. The van der Waals surface area contributed by atoms with Gasteiger partial charge in [-0.2, -0.15) is 5.10 Å². The van der Waals surface area contributed by atoms with Gasteiger partial charge in [0.2, 0.25) is 0 Å². The summed E-state index contributed by atoms with van der Waals surface area (Å²) < 4.78 is 6.75. The molecule has 1 aromatic heterocycles. The highest BCUT2D eigenvalue weighted by atomic mass is 79.9. The van der Waals surface area contributed by atoms with Crippen molar-refractivity contribution in [3.63, 3.8) is 0 Å². The third-order valence-corrected chi connectivity index (χ3v) is 4.41. The zero-order valence-electron chi connectivity index (χ0n) is 11.2. The van der Waals surface area contributed by atoms with Gasteiger partial charge in [0.1, 0.15) is 16.5 Å². The van der Waals surface area contributed by atoms with Crippen molar-refractivity contribution in [2.45, 2.75) is 6.42 Å². The molecule has 4 nitrogen and oxygen atoms in total. The number of rotatable bonds is 4. The fourth-order valence-electron chi connectivity index (χ4n) is 1.90. The molecular weight excluding hydrogens is 388 g/mol. The maximum Gasteiger partial charge on any atom is 0.322 e. The molecule has 0 radical (unpaired) electrons. The lowest BCUT2D eigenvalue weighted by atomic mass is 10.1. The monoisotopic (exact) mass is 396 g/mol. The van der Waals surface area contributed by atoms with E-state index in [-0.39, 0.29) is 4.87 Å². The third-order valence-electron chi connectivity index (χ3n) is 2.86. The van der Waals surface area contributed by atoms with E-state index in [4.69, 9.17) is 16.3 Å². The number of aromatic amines is 1. The zero-order chi connectivity index (χ0) is 15.5. The topological polar surface area (TPSA) is 55.0 Å². The van der Waals surface area contributed by atoms with Crippen LogP contribution in [0.1, 0.15) is 10.6 Å². The van der Waals surface area contributed by atoms with E-state index in [2.05, 4.69) is 26.1 Å². The first kappa shape index (κ1) is 15.3. The van der Waals surface area contributed by atoms with Crippen molar-refractivity contribution in [2.24, 2.45) is 0 Å². The second-order valence-electron chi connectivity index (χ2n) is 4.51. The molecule has 0 aliphatic heterocycles. The predicted molar refractivity (Wildman–Crippen MR) is 91.2 cm³/mol. The molecule has 0 unspecified atom stereocenters. The number of ether oxygens (including phenoxy) is 1. The molecule has 0 saturated heterocycles. The molecule has 0 aliphatic rings. The normalized spacial score (nSPS) is 10.6. The Morgan fingerprint density at radius 3 is 2.86 bits per heavy atom. The summed E-state index contributed by atoms with van der Waals surface area (Å²) in [4.78, 5) is 11.0. The van der Waals surface area contributed by atoms with Crippen molar-refractivity contribution in [2.75, 3.05) is 0 Å². The van der Waals surface area contributed by atoms with Crippen molar-refractivity contribution >= 4 is 38.9 Å². The van der Waals surface area contributed by atoms with Crippen LogP contribution in [0, 0.1) is 0 Å². The lowest BCUT2D eigenvalue weighted by molar-refractivity contribution is 0.482. The van der Waals surface area contributed by atoms with E-state index in [9.17, 15) is 4.79 Å². The van der Waals surface area contributed by atoms with E-state index >= 15 is 0 Å². The molecule has 3 aromatic rings. The molecule has 1 heterocycles. The van der Waals surface area contributed by atoms with E-state index in [1.165, 1.54) is 0 Å². The van der Waals surface area contributed by atoms with Gasteiger partial charge in [-0.05, 0) is 35.9 Å². The molecule has 0 fully saturated rings. The van der Waals surface area contributed by atoms with Gasteiger partial charge in [0.05, 0.1) is 5.02 Å². The van der Waals surface area contributed by atoms with Crippen LogP contribution in [0.15, 0.2) is 51.7 Å². The first-order chi connectivity index (χ1) is 10.6. The van der Waals surface area contributed by atoms with Gasteiger partial charge in [0, 0.05) is 10.9 Å². The summed E-state index contributed by atoms with van der Waals surface area (Å²) >= 11 is 10.7. The van der Waals surface area contributed by atoms with Gasteiger partial charge in [-0.1, -0.05) is 51.0 Å². The molecule has 0 bridgehead atoms. The molecule has 0 aliphatic carbocycles. The van der Waals surface area contributed by atoms with Crippen LogP contribution in [-0.4, -0.2) is 10.2 Å². The molecular formula is C15H10BrClN2O2S. The molecule has 0 amide bonds. The van der Waals surface area contributed by atoms with Crippen molar-refractivity contribution in [3.8, 4) is 11.5 Å². The van der Waals surface area contributed by atoms with Gasteiger partial charge < -0.3 is 4.74 Å². The van der Waals surface area contributed by atoms with Gasteiger partial charge in [-0.15, -0.1) is 0 Å².